The van der Waals surface area contributed by atoms with Crippen LogP contribution in [0.3, 0.4) is 0 Å². The summed E-state index contributed by atoms with van der Waals surface area (Å²) in [6, 6.07) is 6.26. The first-order chi connectivity index (χ1) is 7.15. The Labute approximate surface area is 98.8 Å². The van der Waals surface area contributed by atoms with Crippen LogP contribution < -0.4 is 5.32 Å². The summed E-state index contributed by atoms with van der Waals surface area (Å²) < 4.78 is 1.09. The van der Waals surface area contributed by atoms with Crippen molar-refractivity contribution in [1.29, 1.82) is 0 Å². The van der Waals surface area contributed by atoms with E-state index in [-0.39, 0.29) is 5.41 Å². The maximum absolute atomic E-state index is 9.20. The largest absolute Gasteiger partial charge is 0.396 e. The van der Waals surface area contributed by atoms with Gasteiger partial charge in [-0.3, -0.25) is 0 Å². The highest BCUT2D eigenvalue weighted by atomic mass is 79.9. The Balaban J connectivity index is 1.99. The van der Waals surface area contributed by atoms with Crippen LogP contribution in [0.2, 0.25) is 0 Å². The van der Waals surface area contributed by atoms with E-state index in [4.69, 9.17) is 0 Å². The van der Waals surface area contributed by atoms with Crippen molar-refractivity contribution in [3.05, 3.63) is 28.2 Å². The average Bonchev–Trinajstić information content (AvgIpc) is 2.97. The fourth-order valence-corrected chi connectivity index (χ4v) is 2.25. The Hall–Kier alpha value is -0.540. The third kappa shape index (κ3) is 2.52. The standard InChI is InChI=1S/C12H16BrNO/c1-9-2-3-11(10(13)6-9)14-7-12(8-15)4-5-12/h2-3,6,14-15H,4-5,7-8H2,1H3. The van der Waals surface area contributed by atoms with Gasteiger partial charge in [-0.15, -0.1) is 0 Å². The van der Waals surface area contributed by atoms with E-state index >= 15 is 0 Å². The molecule has 0 heterocycles. The van der Waals surface area contributed by atoms with Crippen molar-refractivity contribution in [2.24, 2.45) is 5.41 Å². The number of nitrogens with one attached hydrogen (secondary N) is 1. The fraction of sp³-hybridized carbons (Fsp3) is 0.500. The summed E-state index contributed by atoms with van der Waals surface area (Å²) >= 11 is 3.53. The second kappa shape index (κ2) is 4.14. The van der Waals surface area contributed by atoms with Gasteiger partial charge in [0.25, 0.3) is 0 Å². The van der Waals surface area contributed by atoms with Gasteiger partial charge in [0.05, 0.1) is 6.61 Å². The molecule has 1 aromatic rings. The molecule has 0 bridgehead atoms. The summed E-state index contributed by atoms with van der Waals surface area (Å²) in [5, 5.41) is 12.6. The number of aliphatic hydroxyl groups is 1. The average molecular weight is 270 g/mol. The van der Waals surface area contributed by atoms with Crippen LogP contribution in [0.1, 0.15) is 18.4 Å². The summed E-state index contributed by atoms with van der Waals surface area (Å²) in [5.74, 6) is 0. The first-order valence-corrected chi connectivity index (χ1v) is 6.05. The SMILES string of the molecule is Cc1ccc(NCC2(CO)CC2)c(Br)c1. The number of benzene rings is 1. The molecule has 0 spiro atoms. The Bertz CT molecular complexity index is 361. The van der Waals surface area contributed by atoms with Crippen molar-refractivity contribution < 1.29 is 5.11 Å². The van der Waals surface area contributed by atoms with E-state index in [2.05, 4.69) is 46.4 Å². The second-order valence-electron chi connectivity index (χ2n) is 4.49. The molecule has 0 aromatic heterocycles. The van der Waals surface area contributed by atoms with Gasteiger partial charge in [0.2, 0.25) is 0 Å². The molecule has 82 valence electrons. The molecule has 0 amide bonds. The van der Waals surface area contributed by atoms with Crippen molar-refractivity contribution in [1.82, 2.24) is 0 Å². The van der Waals surface area contributed by atoms with Crippen LogP contribution in [-0.2, 0) is 0 Å². The van der Waals surface area contributed by atoms with Gasteiger partial charge in [-0.2, -0.15) is 0 Å². The van der Waals surface area contributed by atoms with Crippen LogP contribution in [0.4, 0.5) is 5.69 Å². The zero-order valence-corrected chi connectivity index (χ0v) is 10.5. The Morgan fingerprint density at radius 1 is 1.47 bits per heavy atom. The summed E-state index contributed by atoms with van der Waals surface area (Å²) in [6.07, 6.45) is 2.28. The fourth-order valence-electron chi connectivity index (χ4n) is 1.61. The van der Waals surface area contributed by atoms with E-state index in [1.807, 2.05) is 0 Å². The van der Waals surface area contributed by atoms with Crippen LogP contribution in [0.25, 0.3) is 0 Å². The molecule has 0 atom stereocenters. The first kappa shape index (κ1) is 11.0. The van der Waals surface area contributed by atoms with Crippen molar-refractivity contribution in [2.75, 3.05) is 18.5 Å². The van der Waals surface area contributed by atoms with Gasteiger partial charge in [-0.05, 0) is 53.4 Å². The third-order valence-electron chi connectivity index (χ3n) is 3.07. The molecule has 0 aliphatic heterocycles. The summed E-state index contributed by atoms with van der Waals surface area (Å²) in [7, 11) is 0. The predicted octanol–water partition coefficient (Wildman–Crippen LogP) is 2.94. The normalized spacial score (nSPS) is 17.5. The lowest BCUT2D eigenvalue weighted by Crippen LogP contribution is -2.19. The molecular weight excluding hydrogens is 254 g/mol. The van der Waals surface area contributed by atoms with Crippen molar-refractivity contribution in [3.63, 3.8) is 0 Å². The molecule has 1 aromatic carbocycles. The third-order valence-corrected chi connectivity index (χ3v) is 3.73. The lowest BCUT2D eigenvalue weighted by Gasteiger charge is -2.15. The minimum Gasteiger partial charge on any atom is -0.396 e. The van der Waals surface area contributed by atoms with E-state index in [1.54, 1.807) is 0 Å². The second-order valence-corrected chi connectivity index (χ2v) is 5.35. The van der Waals surface area contributed by atoms with Gasteiger partial charge in [-0.25, -0.2) is 0 Å². The van der Waals surface area contributed by atoms with Gasteiger partial charge in [0.15, 0.2) is 0 Å². The highest BCUT2D eigenvalue weighted by Crippen LogP contribution is 2.45. The van der Waals surface area contributed by atoms with Gasteiger partial charge in [0, 0.05) is 22.1 Å². The number of rotatable bonds is 4. The number of aliphatic hydroxyl groups excluding tert-OH is 1. The molecule has 2 nitrogen and oxygen atoms in total. The van der Waals surface area contributed by atoms with Crippen LogP contribution in [0.5, 0.6) is 0 Å². The maximum Gasteiger partial charge on any atom is 0.0504 e. The Morgan fingerprint density at radius 2 is 2.20 bits per heavy atom. The quantitative estimate of drug-likeness (QED) is 0.881. The van der Waals surface area contributed by atoms with Gasteiger partial charge < -0.3 is 10.4 Å². The smallest absolute Gasteiger partial charge is 0.0504 e. The molecule has 2 N–H and O–H groups in total. The van der Waals surface area contributed by atoms with Crippen LogP contribution in [0.15, 0.2) is 22.7 Å². The van der Waals surface area contributed by atoms with E-state index in [9.17, 15) is 5.11 Å². The number of hydrogen-bond acceptors (Lipinski definition) is 2. The molecule has 1 aliphatic carbocycles. The van der Waals surface area contributed by atoms with Gasteiger partial charge in [-0.1, -0.05) is 6.07 Å². The molecule has 2 rings (SSSR count). The zero-order valence-electron chi connectivity index (χ0n) is 8.89. The monoisotopic (exact) mass is 269 g/mol. The first-order valence-electron chi connectivity index (χ1n) is 5.26. The minimum atomic E-state index is 0.157. The Kier molecular flexibility index (Phi) is 3.03. The van der Waals surface area contributed by atoms with Crippen molar-refractivity contribution in [2.45, 2.75) is 19.8 Å². The molecule has 1 fully saturated rings. The van der Waals surface area contributed by atoms with Crippen LogP contribution in [-0.4, -0.2) is 18.3 Å². The molecular formula is C12H16BrNO. The van der Waals surface area contributed by atoms with E-state index in [0.717, 1.165) is 29.5 Å². The van der Waals surface area contributed by atoms with E-state index in [1.165, 1.54) is 5.56 Å². The predicted molar refractivity (Wildman–Crippen MR) is 66.1 cm³/mol. The van der Waals surface area contributed by atoms with Crippen LogP contribution in [0, 0.1) is 12.3 Å². The number of halogens is 1. The van der Waals surface area contributed by atoms with Crippen molar-refractivity contribution in [3.8, 4) is 0 Å². The molecule has 1 aliphatic rings. The summed E-state index contributed by atoms with van der Waals surface area (Å²) in [4.78, 5) is 0. The highest BCUT2D eigenvalue weighted by molar-refractivity contribution is 9.10. The lowest BCUT2D eigenvalue weighted by atomic mass is 10.1. The van der Waals surface area contributed by atoms with Gasteiger partial charge >= 0.3 is 0 Å². The number of aryl methyl sites for hydroxylation is 1. The summed E-state index contributed by atoms with van der Waals surface area (Å²) in [5.41, 5.74) is 2.51. The molecule has 0 unspecified atom stereocenters. The summed E-state index contributed by atoms with van der Waals surface area (Å²) in [6.45, 7) is 3.24. The topological polar surface area (TPSA) is 32.3 Å². The lowest BCUT2D eigenvalue weighted by molar-refractivity contribution is 0.220. The van der Waals surface area contributed by atoms with E-state index < -0.39 is 0 Å². The zero-order chi connectivity index (χ0) is 10.9. The highest BCUT2D eigenvalue weighted by Gasteiger charge is 2.41. The molecule has 1 saturated carbocycles. The van der Waals surface area contributed by atoms with Gasteiger partial charge in [0.1, 0.15) is 0 Å². The maximum atomic E-state index is 9.20. The molecule has 15 heavy (non-hydrogen) atoms. The minimum absolute atomic E-state index is 0.157. The molecule has 0 saturated heterocycles. The molecule has 0 radical (unpaired) electrons. The number of hydrogen-bond donors (Lipinski definition) is 2. The number of anilines is 1. The Morgan fingerprint density at radius 3 is 2.73 bits per heavy atom. The molecule has 3 heteroatoms. The van der Waals surface area contributed by atoms with Crippen LogP contribution >= 0.6 is 15.9 Å². The van der Waals surface area contributed by atoms with Crippen molar-refractivity contribution >= 4 is 21.6 Å². The van der Waals surface area contributed by atoms with E-state index in [0.29, 0.717) is 6.61 Å².